The third-order valence-corrected chi connectivity index (χ3v) is 6.39. The van der Waals surface area contributed by atoms with Gasteiger partial charge in [-0.05, 0) is 63.0 Å². The molecule has 38 heavy (non-hydrogen) atoms. The number of methoxy groups -OCH3 is 1. The first-order valence-electron chi connectivity index (χ1n) is 12.1. The first-order valence-corrected chi connectivity index (χ1v) is 12.5. The van der Waals surface area contributed by atoms with Gasteiger partial charge >= 0.3 is 0 Å². The Morgan fingerprint density at radius 1 is 1.16 bits per heavy atom. The van der Waals surface area contributed by atoms with Gasteiger partial charge in [0, 0.05) is 49.0 Å². The van der Waals surface area contributed by atoms with Crippen LogP contribution in [0.15, 0.2) is 61.4 Å². The molecule has 0 saturated heterocycles. The van der Waals surface area contributed by atoms with E-state index in [-0.39, 0.29) is 5.91 Å². The Kier molecular flexibility index (Phi) is 8.19. The molecule has 9 nitrogen and oxygen atoms in total. The van der Waals surface area contributed by atoms with Gasteiger partial charge in [-0.25, -0.2) is 4.98 Å². The lowest BCUT2D eigenvalue weighted by Gasteiger charge is -2.26. The average molecular weight is 534 g/mol. The number of halogens is 1. The van der Waals surface area contributed by atoms with E-state index in [1.165, 1.54) is 6.08 Å². The van der Waals surface area contributed by atoms with Crippen LogP contribution < -0.4 is 20.3 Å². The molecule has 198 valence electrons. The molecule has 0 fully saturated rings. The Balaban J connectivity index is 1.71. The van der Waals surface area contributed by atoms with Gasteiger partial charge in [0.15, 0.2) is 0 Å². The number of aryl methyl sites for hydroxylation is 1. The van der Waals surface area contributed by atoms with Gasteiger partial charge in [0.25, 0.3) is 0 Å². The number of fused-ring (bicyclic) bond motifs is 1. The molecular weight excluding hydrogens is 502 g/mol. The summed E-state index contributed by atoms with van der Waals surface area (Å²) in [6.45, 7) is 7.20. The molecule has 0 aliphatic rings. The Bertz CT molecular complexity index is 1480. The van der Waals surface area contributed by atoms with Crippen LogP contribution in [0.3, 0.4) is 0 Å². The second-order valence-corrected chi connectivity index (χ2v) is 9.63. The molecule has 2 aromatic heterocycles. The van der Waals surface area contributed by atoms with Crippen molar-refractivity contribution in [3.05, 3.63) is 72.0 Å². The van der Waals surface area contributed by atoms with Crippen molar-refractivity contribution in [3.8, 4) is 11.6 Å². The van der Waals surface area contributed by atoms with Crippen LogP contribution in [0.25, 0.3) is 16.7 Å². The molecular formula is C28H32ClN7O2. The van der Waals surface area contributed by atoms with Crippen LogP contribution in [0.4, 0.5) is 23.0 Å². The van der Waals surface area contributed by atoms with Crippen molar-refractivity contribution in [2.75, 3.05) is 56.9 Å². The normalized spacial score (nSPS) is 11.0. The zero-order valence-electron chi connectivity index (χ0n) is 22.2. The van der Waals surface area contributed by atoms with E-state index in [1.807, 2.05) is 75.2 Å². The minimum atomic E-state index is -0.310. The molecule has 0 spiro atoms. The Morgan fingerprint density at radius 2 is 1.95 bits per heavy atom. The van der Waals surface area contributed by atoms with Gasteiger partial charge < -0.3 is 29.7 Å². The Hall–Kier alpha value is -4.08. The van der Waals surface area contributed by atoms with E-state index in [0.717, 1.165) is 35.2 Å². The molecule has 4 aromatic rings. The van der Waals surface area contributed by atoms with Crippen LogP contribution in [-0.4, -0.2) is 66.7 Å². The number of carbonyl (C=O) groups is 1. The summed E-state index contributed by atoms with van der Waals surface area (Å²) < 4.78 is 7.67. The molecule has 2 aromatic carbocycles. The largest absolute Gasteiger partial charge is 0.494 e. The number of hydrogen-bond acceptors (Lipinski definition) is 7. The maximum Gasteiger partial charge on any atom is 0.247 e. The number of rotatable bonds is 10. The number of amides is 1. The SMILES string of the molecule is C=CC(=O)Nc1cc(Nc2nccc(-n3ccc4c(C)cc(Cl)cc43)n2)c(OC)cc1N(C)CCN(C)C. The lowest BCUT2D eigenvalue weighted by molar-refractivity contribution is -0.111. The van der Waals surface area contributed by atoms with Crippen LogP contribution in [-0.2, 0) is 4.79 Å². The summed E-state index contributed by atoms with van der Waals surface area (Å²) in [4.78, 5) is 25.5. The number of anilines is 4. The Morgan fingerprint density at radius 3 is 2.66 bits per heavy atom. The molecule has 0 aliphatic heterocycles. The third-order valence-electron chi connectivity index (χ3n) is 6.17. The molecule has 0 bridgehead atoms. The number of nitrogens with zero attached hydrogens (tertiary/aromatic N) is 5. The van der Waals surface area contributed by atoms with Crippen molar-refractivity contribution in [2.24, 2.45) is 0 Å². The summed E-state index contributed by atoms with van der Waals surface area (Å²) in [5, 5.41) is 7.92. The highest BCUT2D eigenvalue weighted by Crippen LogP contribution is 2.38. The highest BCUT2D eigenvalue weighted by Gasteiger charge is 2.17. The highest BCUT2D eigenvalue weighted by atomic mass is 35.5. The zero-order valence-corrected chi connectivity index (χ0v) is 23.0. The summed E-state index contributed by atoms with van der Waals surface area (Å²) in [7, 11) is 7.60. The van der Waals surface area contributed by atoms with Crippen molar-refractivity contribution in [2.45, 2.75) is 6.92 Å². The number of likely N-dealkylation sites (N-methyl/N-ethyl adjacent to an activating group) is 2. The summed E-state index contributed by atoms with van der Waals surface area (Å²) in [6, 6.07) is 11.4. The lowest BCUT2D eigenvalue weighted by Crippen LogP contribution is -2.29. The fraction of sp³-hybridized carbons (Fsp3) is 0.250. The standard InChI is InChI=1S/C28H32ClN7O2/c1-7-27(37)31-21-16-22(25(38-6)17-24(21)35(5)13-12-34(3)4)32-28-30-10-8-26(33-28)36-11-9-20-18(2)14-19(29)15-23(20)36/h7-11,14-17H,1,12-13H2,2-6H3,(H,31,37)(H,30,32,33). The minimum absolute atomic E-state index is 0.310. The van der Waals surface area contributed by atoms with Crippen molar-refractivity contribution in [3.63, 3.8) is 0 Å². The van der Waals surface area contributed by atoms with Crippen molar-refractivity contribution < 1.29 is 9.53 Å². The molecule has 10 heteroatoms. The third kappa shape index (κ3) is 5.90. The van der Waals surface area contributed by atoms with Gasteiger partial charge in [-0.1, -0.05) is 18.2 Å². The summed E-state index contributed by atoms with van der Waals surface area (Å²) >= 11 is 6.33. The van der Waals surface area contributed by atoms with E-state index in [2.05, 4.69) is 32.0 Å². The van der Waals surface area contributed by atoms with Crippen LogP contribution in [0.1, 0.15) is 5.56 Å². The number of carbonyl (C=O) groups excluding carboxylic acids is 1. The minimum Gasteiger partial charge on any atom is -0.494 e. The van der Waals surface area contributed by atoms with Gasteiger partial charge in [0.05, 0.1) is 29.7 Å². The quantitative estimate of drug-likeness (QED) is 0.269. The smallest absolute Gasteiger partial charge is 0.247 e. The predicted molar refractivity (Wildman–Crippen MR) is 156 cm³/mol. The molecule has 0 atom stereocenters. The number of hydrogen-bond donors (Lipinski definition) is 2. The number of nitrogens with one attached hydrogen (secondary N) is 2. The fourth-order valence-corrected chi connectivity index (χ4v) is 4.42. The lowest BCUT2D eigenvalue weighted by atomic mass is 10.1. The van der Waals surface area contributed by atoms with E-state index in [0.29, 0.717) is 33.9 Å². The maximum atomic E-state index is 12.2. The molecule has 0 aliphatic carbocycles. The predicted octanol–water partition coefficient (Wildman–Crippen LogP) is 5.26. The summed E-state index contributed by atoms with van der Waals surface area (Å²) in [6.07, 6.45) is 4.88. The van der Waals surface area contributed by atoms with E-state index in [4.69, 9.17) is 21.3 Å². The Labute approximate surface area is 227 Å². The summed E-state index contributed by atoms with van der Waals surface area (Å²) in [5.41, 5.74) is 4.07. The van der Waals surface area contributed by atoms with Gasteiger partial charge in [-0.3, -0.25) is 4.79 Å². The van der Waals surface area contributed by atoms with Crippen molar-refractivity contribution in [1.29, 1.82) is 0 Å². The number of aromatic nitrogens is 3. The highest BCUT2D eigenvalue weighted by molar-refractivity contribution is 6.31. The molecule has 1 amide bonds. The average Bonchev–Trinajstić information content (AvgIpc) is 3.31. The van der Waals surface area contributed by atoms with Crippen LogP contribution in [0.2, 0.25) is 5.02 Å². The number of ether oxygens (including phenoxy) is 1. The molecule has 2 heterocycles. The van der Waals surface area contributed by atoms with Gasteiger partial charge in [-0.15, -0.1) is 0 Å². The van der Waals surface area contributed by atoms with Crippen LogP contribution >= 0.6 is 11.6 Å². The second kappa shape index (κ2) is 11.5. The fourth-order valence-electron chi connectivity index (χ4n) is 4.15. The zero-order chi connectivity index (χ0) is 27.4. The van der Waals surface area contributed by atoms with E-state index >= 15 is 0 Å². The summed E-state index contributed by atoms with van der Waals surface area (Å²) in [5.74, 6) is 1.32. The number of benzene rings is 2. The van der Waals surface area contributed by atoms with E-state index < -0.39 is 0 Å². The van der Waals surface area contributed by atoms with Gasteiger partial charge in [-0.2, -0.15) is 4.98 Å². The molecule has 2 N–H and O–H groups in total. The van der Waals surface area contributed by atoms with E-state index in [1.54, 1.807) is 13.3 Å². The topological polar surface area (TPSA) is 87.5 Å². The van der Waals surface area contributed by atoms with Crippen molar-refractivity contribution >= 4 is 51.4 Å². The van der Waals surface area contributed by atoms with Gasteiger partial charge in [0.1, 0.15) is 11.6 Å². The molecule has 4 rings (SSSR count). The first kappa shape index (κ1) is 27.0. The van der Waals surface area contributed by atoms with Gasteiger partial charge in [0.2, 0.25) is 11.9 Å². The second-order valence-electron chi connectivity index (χ2n) is 9.19. The van der Waals surface area contributed by atoms with E-state index in [9.17, 15) is 4.79 Å². The maximum absolute atomic E-state index is 12.2. The molecule has 0 unspecified atom stereocenters. The van der Waals surface area contributed by atoms with Crippen LogP contribution in [0.5, 0.6) is 5.75 Å². The van der Waals surface area contributed by atoms with Crippen LogP contribution in [0, 0.1) is 6.92 Å². The van der Waals surface area contributed by atoms with Crippen molar-refractivity contribution in [1.82, 2.24) is 19.4 Å². The first-order chi connectivity index (χ1) is 18.2. The molecule has 0 saturated carbocycles. The molecule has 0 radical (unpaired) electrons. The monoisotopic (exact) mass is 533 g/mol.